The quantitative estimate of drug-likeness (QED) is 0.195. The Morgan fingerprint density at radius 3 is 2.45 bits per heavy atom. The van der Waals surface area contributed by atoms with Crippen LogP contribution in [0.5, 0.6) is 0 Å². The number of nitrogens with zero attached hydrogens (tertiary/aromatic N) is 3. The molecule has 2 heterocycles. The fourth-order valence-electron chi connectivity index (χ4n) is 5.48. The Morgan fingerprint density at radius 1 is 1.14 bits per heavy atom. The lowest BCUT2D eigenvalue weighted by atomic mass is 9.79. The number of carbonyl (C=O) groups excluding carboxylic acids is 2. The number of aromatic amines is 1. The molecule has 0 aliphatic heterocycles. The Labute approximate surface area is 253 Å². The predicted molar refractivity (Wildman–Crippen MR) is 155 cm³/mol. The Kier molecular flexibility index (Phi) is 8.56. The lowest BCUT2D eigenvalue weighted by Gasteiger charge is -2.34. The molecule has 0 bridgehead atoms. The molecule has 0 spiro atoms. The first kappa shape index (κ1) is 31.9. The number of alkyl halides is 4. The van der Waals surface area contributed by atoms with Crippen LogP contribution < -0.4 is 10.6 Å². The second-order valence-corrected chi connectivity index (χ2v) is 13.1. The van der Waals surface area contributed by atoms with Crippen LogP contribution in [0.1, 0.15) is 107 Å². The summed E-state index contributed by atoms with van der Waals surface area (Å²) < 4.78 is 62.2. The van der Waals surface area contributed by atoms with Gasteiger partial charge in [-0.15, -0.1) is 0 Å². The highest BCUT2D eigenvalue weighted by atomic mass is 19.3. The zero-order valence-corrected chi connectivity index (χ0v) is 25.6. The van der Waals surface area contributed by atoms with Gasteiger partial charge in [-0.25, -0.2) is 22.5 Å². The number of fused-ring (bicyclic) bond motifs is 1. The summed E-state index contributed by atoms with van der Waals surface area (Å²) in [5.41, 5.74) is 0.527. The van der Waals surface area contributed by atoms with Crippen LogP contribution in [0.15, 0.2) is 30.5 Å². The first-order valence-electron chi connectivity index (χ1n) is 15.1. The van der Waals surface area contributed by atoms with E-state index in [1.54, 1.807) is 16.8 Å². The van der Waals surface area contributed by atoms with Gasteiger partial charge in [0.15, 0.2) is 0 Å². The summed E-state index contributed by atoms with van der Waals surface area (Å²) in [6.07, 6.45) is 2.95. The van der Waals surface area contributed by atoms with E-state index in [-0.39, 0.29) is 55.7 Å². The molecular weight excluding hydrogens is 580 g/mol. The predicted octanol–water partition coefficient (Wildman–Crippen LogP) is 6.26. The summed E-state index contributed by atoms with van der Waals surface area (Å²) in [7, 11) is 0. The van der Waals surface area contributed by atoms with E-state index in [1.165, 1.54) is 20.0 Å². The van der Waals surface area contributed by atoms with Crippen molar-refractivity contribution in [3.8, 4) is 0 Å². The van der Waals surface area contributed by atoms with Crippen molar-refractivity contribution >= 4 is 22.8 Å². The lowest BCUT2D eigenvalue weighted by Crippen LogP contribution is -2.45. The molecule has 3 N–H and O–H groups in total. The third-order valence-corrected chi connectivity index (χ3v) is 8.64. The molecule has 240 valence electrons. The summed E-state index contributed by atoms with van der Waals surface area (Å²) in [6, 6.07) is 5.82. The maximum absolute atomic E-state index is 14.2. The van der Waals surface area contributed by atoms with E-state index >= 15 is 0 Å². The molecule has 3 aromatic rings. The largest absolute Gasteiger partial charge is 0.367 e. The van der Waals surface area contributed by atoms with E-state index in [4.69, 9.17) is 4.74 Å². The topological polar surface area (TPSA) is 114 Å². The van der Waals surface area contributed by atoms with Crippen molar-refractivity contribution in [3.05, 3.63) is 47.5 Å². The molecule has 0 radical (unpaired) electrons. The van der Waals surface area contributed by atoms with Gasteiger partial charge in [-0.05, 0) is 76.1 Å². The number of halogens is 4. The van der Waals surface area contributed by atoms with Crippen molar-refractivity contribution in [2.24, 2.45) is 11.8 Å². The SMILES string of the molecule is CC(C)n1nccc1C(=O)N[C@@H](COC(C)(C)C(C)(F)F)c1nc2ccc([C@H](NC(=O)CC3CC(F)(F)C3)C3CC3)cc2[nH]1. The van der Waals surface area contributed by atoms with Crippen LogP contribution in [0.3, 0.4) is 0 Å². The van der Waals surface area contributed by atoms with Crippen molar-refractivity contribution in [1.29, 1.82) is 0 Å². The van der Waals surface area contributed by atoms with Crippen LogP contribution in [0.25, 0.3) is 11.0 Å². The number of hydrogen-bond acceptors (Lipinski definition) is 5. The van der Waals surface area contributed by atoms with Gasteiger partial charge in [-0.3, -0.25) is 14.3 Å². The second kappa shape index (κ2) is 11.8. The molecule has 44 heavy (non-hydrogen) atoms. The van der Waals surface area contributed by atoms with Gasteiger partial charge >= 0.3 is 0 Å². The molecule has 2 atom stereocenters. The Hall–Kier alpha value is -3.48. The fraction of sp³-hybridized carbons (Fsp3) is 0.613. The number of H-pyrrole nitrogens is 1. The Bertz CT molecular complexity index is 1500. The smallest absolute Gasteiger partial charge is 0.273 e. The van der Waals surface area contributed by atoms with Crippen LogP contribution >= 0.6 is 0 Å². The summed E-state index contributed by atoms with van der Waals surface area (Å²) in [4.78, 5) is 33.9. The van der Waals surface area contributed by atoms with Gasteiger partial charge in [0, 0.05) is 38.4 Å². The highest BCUT2D eigenvalue weighted by Crippen LogP contribution is 2.45. The molecule has 2 aliphatic rings. The van der Waals surface area contributed by atoms with E-state index in [0.717, 1.165) is 25.3 Å². The number of hydrogen-bond donors (Lipinski definition) is 3. The summed E-state index contributed by atoms with van der Waals surface area (Å²) in [5, 5.41) is 10.1. The number of ether oxygens (including phenoxy) is 1. The van der Waals surface area contributed by atoms with Crippen LogP contribution in [-0.2, 0) is 9.53 Å². The first-order valence-corrected chi connectivity index (χ1v) is 15.1. The number of aromatic nitrogens is 4. The number of carbonyl (C=O) groups is 2. The van der Waals surface area contributed by atoms with E-state index < -0.39 is 29.4 Å². The Morgan fingerprint density at radius 2 is 1.84 bits per heavy atom. The molecule has 2 fully saturated rings. The minimum atomic E-state index is -3.15. The molecule has 0 unspecified atom stereocenters. The van der Waals surface area contributed by atoms with E-state index in [0.29, 0.717) is 22.6 Å². The summed E-state index contributed by atoms with van der Waals surface area (Å²) in [6.45, 7) is 6.83. The molecule has 2 aliphatic carbocycles. The highest BCUT2D eigenvalue weighted by Gasteiger charge is 2.46. The fourth-order valence-corrected chi connectivity index (χ4v) is 5.48. The van der Waals surface area contributed by atoms with Crippen molar-refractivity contribution in [1.82, 2.24) is 30.4 Å². The molecule has 13 heteroatoms. The molecule has 0 saturated heterocycles. The summed E-state index contributed by atoms with van der Waals surface area (Å²) >= 11 is 0. The van der Waals surface area contributed by atoms with Gasteiger partial charge in [0.25, 0.3) is 11.8 Å². The second-order valence-electron chi connectivity index (χ2n) is 13.1. The summed E-state index contributed by atoms with van der Waals surface area (Å²) in [5.74, 6) is -6.29. The number of benzene rings is 1. The van der Waals surface area contributed by atoms with Crippen molar-refractivity contribution < 1.29 is 31.9 Å². The third kappa shape index (κ3) is 7.08. The van der Waals surface area contributed by atoms with Crippen LogP contribution in [0.2, 0.25) is 0 Å². The average Bonchev–Trinajstić information content (AvgIpc) is 3.45. The van der Waals surface area contributed by atoms with Gasteiger partial charge in [-0.1, -0.05) is 6.07 Å². The van der Waals surface area contributed by atoms with Crippen molar-refractivity contribution in [2.45, 2.75) is 102 Å². The van der Waals surface area contributed by atoms with Crippen molar-refractivity contribution in [3.63, 3.8) is 0 Å². The maximum Gasteiger partial charge on any atom is 0.273 e. The number of rotatable bonds is 13. The number of imidazole rings is 1. The maximum atomic E-state index is 14.2. The molecule has 2 amide bonds. The number of nitrogens with one attached hydrogen (secondary N) is 3. The molecular formula is C31H40F4N6O3. The third-order valence-electron chi connectivity index (χ3n) is 8.64. The minimum absolute atomic E-state index is 0.0690. The minimum Gasteiger partial charge on any atom is -0.367 e. The van der Waals surface area contributed by atoms with E-state index in [1.807, 2.05) is 26.0 Å². The number of amides is 2. The van der Waals surface area contributed by atoms with Crippen LogP contribution in [-0.4, -0.2) is 55.6 Å². The first-order chi connectivity index (χ1) is 20.5. The normalized spacial score (nSPS) is 18.7. The van der Waals surface area contributed by atoms with Crippen molar-refractivity contribution in [2.75, 3.05) is 6.61 Å². The van der Waals surface area contributed by atoms with Gasteiger partial charge in [0.2, 0.25) is 11.8 Å². The van der Waals surface area contributed by atoms with Crippen LogP contribution in [0, 0.1) is 11.8 Å². The van der Waals surface area contributed by atoms with Gasteiger partial charge in [0.1, 0.15) is 23.2 Å². The highest BCUT2D eigenvalue weighted by molar-refractivity contribution is 5.92. The van der Waals surface area contributed by atoms with Crippen LogP contribution in [0.4, 0.5) is 17.6 Å². The van der Waals surface area contributed by atoms with E-state index in [9.17, 15) is 27.2 Å². The van der Waals surface area contributed by atoms with Gasteiger partial charge in [-0.2, -0.15) is 5.10 Å². The lowest BCUT2D eigenvalue weighted by molar-refractivity contribution is -0.183. The molecule has 2 aromatic heterocycles. The zero-order chi connectivity index (χ0) is 32.0. The standard InChI is InChI=1S/C31H40F4N6O3/c1-17(2)41-24(10-11-36-41)28(43)39-23(16-44-29(3,4)30(5,32)33)27-37-21-9-8-20(13-22(21)38-27)26(19-6-7-19)40-25(42)12-18-14-31(34,35)15-18/h8-11,13,17-19,23,26H,6-7,12,14-16H2,1-5H3,(H,37,38)(H,39,43)(H,40,42)/t23-,26+/m0/s1. The van der Waals surface area contributed by atoms with E-state index in [2.05, 4.69) is 25.7 Å². The average molecular weight is 621 g/mol. The van der Waals surface area contributed by atoms with Gasteiger partial charge in [0.05, 0.1) is 23.7 Å². The van der Waals surface area contributed by atoms with Gasteiger partial charge < -0.3 is 20.4 Å². The zero-order valence-electron chi connectivity index (χ0n) is 25.6. The molecule has 1 aromatic carbocycles. The Balaban J connectivity index is 1.37. The monoisotopic (exact) mass is 620 g/mol. The molecule has 9 nitrogen and oxygen atoms in total. The molecule has 2 saturated carbocycles. The molecule has 5 rings (SSSR count).